The Balaban J connectivity index is 2.06. The lowest BCUT2D eigenvalue weighted by atomic mass is 10.2. The molecule has 2 aromatic carbocycles. The summed E-state index contributed by atoms with van der Waals surface area (Å²) >= 11 is 0. The van der Waals surface area contributed by atoms with E-state index in [9.17, 15) is 5.11 Å². The number of phenols is 1. The van der Waals surface area contributed by atoms with Crippen LogP contribution in [0.3, 0.4) is 0 Å². The zero-order chi connectivity index (χ0) is 12.8. The Hall–Kier alpha value is -2.00. The second-order valence-electron chi connectivity index (χ2n) is 4.10. The quantitative estimate of drug-likeness (QED) is 0.848. The summed E-state index contributed by atoms with van der Waals surface area (Å²) in [6, 6.07) is 15.0. The van der Waals surface area contributed by atoms with E-state index in [0.29, 0.717) is 6.61 Å². The summed E-state index contributed by atoms with van der Waals surface area (Å²) in [6.45, 7) is 1.23. The number of rotatable bonds is 5. The van der Waals surface area contributed by atoms with Crippen molar-refractivity contribution in [2.24, 2.45) is 0 Å². The molecule has 0 spiro atoms. The lowest BCUT2D eigenvalue weighted by molar-refractivity contribution is 0.301. The summed E-state index contributed by atoms with van der Waals surface area (Å²) in [7, 11) is 1.91. The average Bonchev–Trinajstić information content (AvgIpc) is 2.38. The van der Waals surface area contributed by atoms with E-state index < -0.39 is 0 Å². The van der Waals surface area contributed by atoms with Gasteiger partial charge in [-0.1, -0.05) is 30.3 Å². The Labute approximate surface area is 107 Å². The molecule has 2 aromatic rings. The minimum absolute atomic E-state index is 0.264. The monoisotopic (exact) mass is 243 g/mol. The molecule has 0 aliphatic carbocycles. The number of aromatic hydroxyl groups is 1. The van der Waals surface area contributed by atoms with Gasteiger partial charge in [0.25, 0.3) is 0 Å². The maximum Gasteiger partial charge on any atom is 0.124 e. The predicted molar refractivity (Wildman–Crippen MR) is 71.6 cm³/mol. The third kappa shape index (κ3) is 3.25. The van der Waals surface area contributed by atoms with Gasteiger partial charge in [0.05, 0.1) is 0 Å². The van der Waals surface area contributed by atoms with Gasteiger partial charge < -0.3 is 15.2 Å². The molecule has 0 aliphatic heterocycles. The van der Waals surface area contributed by atoms with Crippen LogP contribution >= 0.6 is 0 Å². The van der Waals surface area contributed by atoms with E-state index in [1.54, 1.807) is 12.1 Å². The number of hydrogen-bond acceptors (Lipinski definition) is 3. The summed E-state index contributed by atoms with van der Waals surface area (Å²) in [6.07, 6.45) is 0. The van der Waals surface area contributed by atoms with Crippen molar-refractivity contribution in [2.45, 2.75) is 13.2 Å². The molecule has 0 aliphatic rings. The molecule has 0 radical (unpaired) electrons. The van der Waals surface area contributed by atoms with Crippen LogP contribution < -0.4 is 10.1 Å². The van der Waals surface area contributed by atoms with Crippen molar-refractivity contribution in [3.8, 4) is 11.5 Å². The van der Waals surface area contributed by atoms with Gasteiger partial charge in [-0.15, -0.1) is 0 Å². The molecule has 0 saturated carbocycles. The molecule has 0 bridgehead atoms. The van der Waals surface area contributed by atoms with Gasteiger partial charge in [0, 0.05) is 12.1 Å². The summed E-state index contributed by atoms with van der Waals surface area (Å²) in [5.74, 6) is 1.13. The standard InChI is InChI=1S/C15H17NO2/c1-16-10-13-6-2-3-8-15(13)18-11-12-5-4-7-14(17)9-12/h2-9,16-17H,10-11H2,1H3. The Kier molecular flexibility index (Phi) is 4.20. The van der Waals surface area contributed by atoms with Crippen LogP contribution in [0.4, 0.5) is 0 Å². The van der Waals surface area contributed by atoms with Gasteiger partial charge in [0.2, 0.25) is 0 Å². The molecule has 0 fully saturated rings. The predicted octanol–water partition coefficient (Wildman–Crippen LogP) is 2.69. The fourth-order valence-corrected chi connectivity index (χ4v) is 1.79. The van der Waals surface area contributed by atoms with Crippen LogP contribution in [0.15, 0.2) is 48.5 Å². The van der Waals surface area contributed by atoms with E-state index in [1.165, 1.54) is 0 Å². The molecule has 0 saturated heterocycles. The second kappa shape index (κ2) is 6.07. The molecular formula is C15H17NO2. The Morgan fingerprint density at radius 2 is 1.94 bits per heavy atom. The zero-order valence-electron chi connectivity index (χ0n) is 10.4. The summed E-state index contributed by atoms with van der Waals surface area (Å²) in [5.41, 5.74) is 2.08. The first-order valence-corrected chi connectivity index (χ1v) is 5.93. The molecule has 3 nitrogen and oxygen atoms in total. The highest BCUT2D eigenvalue weighted by Gasteiger charge is 2.02. The first-order chi connectivity index (χ1) is 8.79. The van der Waals surface area contributed by atoms with Crippen LogP contribution in [0, 0.1) is 0 Å². The molecule has 0 atom stereocenters. The van der Waals surface area contributed by atoms with E-state index >= 15 is 0 Å². The number of nitrogens with one attached hydrogen (secondary N) is 1. The lowest BCUT2D eigenvalue weighted by Crippen LogP contribution is -2.07. The van der Waals surface area contributed by atoms with Crippen molar-refractivity contribution >= 4 is 0 Å². The number of benzene rings is 2. The van der Waals surface area contributed by atoms with E-state index in [4.69, 9.17) is 4.74 Å². The van der Waals surface area contributed by atoms with E-state index in [2.05, 4.69) is 5.32 Å². The highest BCUT2D eigenvalue weighted by Crippen LogP contribution is 2.20. The molecule has 2 N–H and O–H groups in total. The number of phenolic OH excluding ortho intramolecular Hbond substituents is 1. The summed E-state index contributed by atoms with van der Waals surface area (Å²) in [4.78, 5) is 0. The fraction of sp³-hybridized carbons (Fsp3) is 0.200. The number of hydrogen-bond donors (Lipinski definition) is 2. The topological polar surface area (TPSA) is 41.5 Å². The van der Waals surface area contributed by atoms with E-state index in [0.717, 1.165) is 23.4 Å². The van der Waals surface area contributed by atoms with Crippen LogP contribution in [-0.4, -0.2) is 12.2 Å². The van der Waals surface area contributed by atoms with Gasteiger partial charge in [-0.2, -0.15) is 0 Å². The van der Waals surface area contributed by atoms with Crippen LogP contribution in [0.1, 0.15) is 11.1 Å². The van der Waals surface area contributed by atoms with Crippen LogP contribution in [0.2, 0.25) is 0 Å². The largest absolute Gasteiger partial charge is 0.508 e. The van der Waals surface area contributed by atoms with Gasteiger partial charge in [0.15, 0.2) is 0 Å². The molecule has 94 valence electrons. The molecule has 2 rings (SSSR count). The normalized spacial score (nSPS) is 10.3. The van der Waals surface area contributed by atoms with Gasteiger partial charge in [-0.25, -0.2) is 0 Å². The number of ether oxygens (including phenoxy) is 1. The maximum atomic E-state index is 9.38. The van der Waals surface area contributed by atoms with Crippen LogP contribution in [0.25, 0.3) is 0 Å². The van der Waals surface area contributed by atoms with Crippen LogP contribution in [-0.2, 0) is 13.2 Å². The van der Waals surface area contributed by atoms with Gasteiger partial charge in [-0.3, -0.25) is 0 Å². The van der Waals surface area contributed by atoms with E-state index in [-0.39, 0.29) is 5.75 Å². The molecular weight excluding hydrogens is 226 g/mol. The van der Waals surface area contributed by atoms with Crippen molar-refractivity contribution in [1.29, 1.82) is 0 Å². The molecule has 3 heteroatoms. The van der Waals surface area contributed by atoms with Crippen molar-refractivity contribution in [2.75, 3.05) is 7.05 Å². The molecule has 18 heavy (non-hydrogen) atoms. The highest BCUT2D eigenvalue weighted by atomic mass is 16.5. The highest BCUT2D eigenvalue weighted by molar-refractivity contribution is 5.34. The lowest BCUT2D eigenvalue weighted by Gasteiger charge is -2.11. The van der Waals surface area contributed by atoms with Gasteiger partial charge in [-0.05, 0) is 30.8 Å². The van der Waals surface area contributed by atoms with Crippen molar-refractivity contribution in [3.63, 3.8) is 0 Å². The Morgan fingerprint density at radius 3 is 2.72 bits per heavy atom. The van der Waals surface area contributed by atoms with Crippen molar-refractivity contribution in [3.05, 3.63) is 59.7 Å². The average molecular weight is 243 g/mol. The molecule has 0 heterocycles. The number of para-hydroxylation sites is 1. The Bertz CT molecular complexity index is 511. The molecule has 0 aromatic heterocycles. The van der Waals surface area contributed by atoms with Gasteiger partial charge in [0.1, 0.15) is 18.1 Å². The van der Waals surface area contributed by atoms with Crippen molar-refractivity contribution < 1.29 is 9.84 Å². The third-order valence-electron chi connectivity index (χ3n) is 2.64. The fourth-order valence-electron chi connectivity index (χ4n) is 1.79. The second-order valence-corrected chi connectivity index (χ2v) is 4.10. The smallest absolute Gasteiger partial charge is 0.124 e. The molecule has 0 amide bonds. The molecule has 0 unspecified atom stereocenters. The summed E-state index contributed by atoms with van der Waals surface area (Å²) < 4.78 is 5.78. The Morgan fingerprint density at radius 1 is 1.11 bits per heavy atom. The third-order valence-corrected chi connectivity index (χ3v) is 2.64. The summed E-state index contributed by atoms with van der Waals surface area (Å²) in [5, 5.41) is 12.5. The van der Waals surface area contributed by atoms with E-state index in [1.807, 2.05) is 43.4 Å². The SMILES string of the molecule is CNCc1ccccc1OCc1cccc(O)c1. The minimum Gasteiger partial charge on any atom is -0.508 e. The first-order valence-electron chi connectivity index (χ1n) is 5.93. The minimum atomic E-state index is 0.264. The van der Waals surface area contributed by atoms with Crippen LogP contribution in [0.5, 0.6) is 11.5 Å². The maximum absolute atomic E-state index is 9.38. The van der Waals surface area contributed by atoms with Gasteiger partial charge >= 0.3 is 0 Å². The zero-order valence-corrected chi connectivity index (χ0v) is 10.4. The van der Waals surface area contributed by atoms with Crippen molar-refractivity contribution in [1.82, 2.24) is 5.32 Å². The first kappa shape index (κ1) is 12.5.